The molecule has 0 radical (unpaired) electrons. The van der Waals surface area contributed by atoms with Crippen molar-refractivity contribution in [2.45, 2.75) is 6.10 Å². The molecule has 4 aromatic rings. The zero-order chi connectivity index (χ0) is 21.4. The van der Waals surface area contributed by atoms with Gasteiger partial charge >= 0.3 is 0 Å². The molecular weight excluding hydrogens is 436 g/mol. The molecule has 1 fully saturated rings. The lowest BCUT2D eigenvalue weighted by atomic mass is 10.1. The summed E-state index contributed by atoms with van der Waals surface area (Å²) in [5, 5.41) is 2.35. The smallest absolute Gasteiger partial charge is 0.269 e. The Balaban J connectivity index is 1.47. The van der Waals surface area contributed by atoms with Crippen LogP contribution in [0.4, 0.5) is 0 Å². The largest absolute Gasteiger partial charge is 0.370 e. The minimum atomic E-state index is -0.282. The molecule has 4 heterocycles. The fourth-order valence-electron chi connectivity index (χ4n) is 3.59. The van der Waals surface area contributed by atoms with Crippen molar-refractivity contribution >= 4 is 39.1 Å². The van der Waals surface area contributed by atoms with E-state index in [4.69, 9.17) is 16.3 Å². The van der Waals surface area contributed by atoms with Gasteiger partial charge in [-0.05, 0) is 29.8 Å². The number of hydrogen-bond acceptors (Lipinski definition) is 6. The fourth-order valence-corrected chi connectivity index (χ4v) is 4.59. The van der Waals surface area contributed by atoms with Crippen LogP contribution in [-0.2, 0) is 4.74 Å². The molecule has 156 valence electrons. The maximum atomic E-state index is 13.4. The van der Waals surface area contributed by atoms with E-state index in [1.165, 1.54) is 11.3 Å². The average Bonchev–Trinajstić information content (AvgIpc) is 3.24. The Morgan fingerprint density at radius 2 is 2.06 bits per heavy atom. The van der Waals surface area contributed by atoms with Gasteiger partial charge in [-0.25, -0.2) is 4.98 Å². The number of morpholine rings is 1. The second kappa shape index (κ2) is 8.22. The van der Waals surface area contributed by atoms with Crippen molar-refractivity contribution in [2.75, 3.05) is 19.7 Å². The third-order valence-corrected chi connectivity index (χ3v) is 6.38. The van der Waals surface area contributed by atoms with Gasteiger partial charge in [0.2, 0.25) is 0 Å². The molecule has 0 saturated carbocycles. The van der Waals surface area contributed by atoms with Crippen LogP contribution in [0.2, 0.25) is 5.02 Å². The Hall–Kier alpha value is -3.07. The van der Waals surface area contributed by atoms with E-state index in [-0.39, 0.29) is 17.6 Å². The number of amides is 1. The third kappa shape index (κ3) is 3.85. The summed E-state index contributed by atoms with van der Waals surface area (Å²) in [5.41, 5.74) is 2.04. The van der Waals surface area contributed by atoms with Crippen LogP contribution in [0.15, 0.2) is 58.8 Å². The van der Waals surface area contributed by atoms with Crippen molar-refractivity contribution in [2.24, 2.45) is 0 Å². The van der Waals surface area contributed by atoms with E-state index in [1.807, 2.05) is 30.3 Å². The lowest BCUT2D eigenvalue weighted by Crippen LogP contribution is -2.42. The molecule has 7 nitrogen and oxygen atoms in total. The monoisotopic (exact) mass is 452 g/mol. The van der Waals surface area contributed by atoms with Gasteiger partial charge in [-0.3, -0.25) is 14.6 Å². The molecule has 3 aromatic heterocycles. The molecule has 9 heteroatoms. The number of nitrogens with one attached hydrogen (secondary N) is 1. The predicted molar refractivity (Wildman–Crippen MR) is 120 cm³/mol. The number of carbonyl (C=O) groups excluding carboxylic acids is 1. The van der Waals surface area contributed by atoms with E-state index in [1.54, 1.807) is 28.6 Å². The van der Waals surface area contributed by atoms with Crippen molar-refractivity contribution in [3.63, 3.8) is 0 Å². The molecule has 0 bridgehead atoms. The van der Waals surface area contributed by atoms with E-state index in [2.05, 4.69) is 15.0 Å². The molecule has 1 N–H and O–H groups in total. The second-order valence-corrected chi connectivity index (χ2v) is 8.43. The zero-order valence-corrected chi connectivity index (χ0v) is 17.8. The number of H-pyrrole nitrogens is 1. The van der Waals surface area contributed by atoms with Crippen LogP contribution in [0.3, 0.4) is 0 Å². The summed E-state index contributed by atoms with van der Waals surface area (Å²) in [6, 6.07) is 12.8. The highest BCUT2D eigenvalue weighted by Gasteiger charge is 2.28. The first-order valence-corrected chi connectivity index (χ1v) is 10.9. The van der Waals surface area contributed by atoms with E-state index in [0.29, 0.717) is 52.0 Å². The summed E-state index contributed by atoms with van der Waals surface area (Å²) in [5.74, 6) is 0.171. The SMILES string of the molecule is O=C(c1csc2c(=O)[nH]c(-c3ccccn3)nc12)N1CCOC(c2ccc(Cl)cc2)C1. The summed E-state index contributed by atoms with van der Waals surface area (Å²) < 4.78 is 6.29. The predicted octanol–water partition coefficient (Wildman–Crippen LogP) is 3.91. The van der Waals surface area contributed by atoms with Crippen LogP contribution in [0.25, 0.3) is 21.7 Å². The van der Waals surface area contributed by atoms with Crippen LogP contribution in [0.5, 0.6) is 0 Å². The number of rotatable bonds is 3. The van der Waals surface area contributed by atoms with Crippen LogP contribution < -0.4 is 5.56 Å². The molecule has 1 aliphatic rings. The number of nitrogens with zero attached hydrogens (tertiary/aromatic N) is 3. The quantitative estimate of drug-likeness (QED) is 0.509. The number of ether oxygens (including phenoxy) is 1. The van der Waals surface area contributed by atoms with E-state index in [9.17, 15) is 9.59 Å². The highest BCUT2D eigenvalue weighted by molar-refractivity contribution is 7.17. The number of pyridine rings is 1. The Morgan fingerprint density at radius 1 is 1.23 bits per heavy atom. The fraction of sp³-hybridized carbons (Fsp3) is 0.182. The number of aromatic nitrogens is 3. The molecule has 5 rings (SSSR count). The van der Waals surface area contributed by atoms with Gasteiger partial charge in [0.1, 0.15) is 22.0 Å². The molecule has 1 amide bonds. The van der Waals surface area contributed by atoms with Crippen LogP contribution in [0.1, 0.15) is 22.0 Å². The van der Waals surface area contributed by atoms with Gasteiger partial charge in [0.25, 0.3) is 11.5 Å². The van der Waals surface area contributed by atoms with Gasteiger partial charge < -0.3 is 14.6 Å². The second-order valence-electron chi connectivity index (χ2n) is 7.12. The number of thiophene rings is 1. The normalized spacial score (nSPS) is 16.5. The maximum Gasteiger partial charge on any atom is 0.269 e. The van der Waals surface area contributed by atoms with Gasteiger partial charge in [-0.15, -0.1) is 11.3 Å². The molecule has 1 saturated heterocycles. The molecule has 0 aliphatic carbocycles. The van der Waals surface area contributed by atoms with Gasteiger partial charge in [-0.1, -0.05) is 29.8 Å². The standard InChI is InChI=1S/C22H17ClN4O3S/c23-14-6-4-13(5-7-14)17-11-27(9-10-30-17)22(29)15-12-31-19-18(15)25-20(26-21(19)28)16-3-1-2-8-24-16/h1-8,12,17H,9-11H2,(H,25,26,28). The molecule has 1 atom stereocenters. The topological polar surface area (TPSA) is 88.2 Å². The van der Waals surface area contributed by atoms with Gasteiger partial charge in [-0.2, -0.15) is 0 Å². The highest BCUT2D eigenvalue weighted by atomic mass is 35.5. The first kappa shape index (κ1) is 19.9. The highest BCUT2D eigenvalue weighted by Crippen LogP contribution is 2.28. The summed E-state index contributed by atoms with van der Waals surface area (Å²) in [7, 11) is 0. The number of halogens is 1. The first-order valence-electron chi connectivity index (χ1n) is 9.69. The molecular formula is C22H17ClN4O3S. The van der Waals surface area contributed by atoms with Crippen molar-refractivity contribution in [3.05, 3.63) is 80.5 Å². The van der Waals surface area contributed by atoms with Crippen LogP contribution in [0, 0.1) is 0 Å². The van der Waals surface area contributed by atoms with E-state index in [0.717, 1.165) is 5.56 Å². The van der Waals surface area contributed by atoms with Gasteiger partial charge in [0.15, 0.2) is 5.82 Å². The number of carbonyl (C=O) groups is 1. The number of benzene rings is 1. The van der Waals surface area contributed by atoms with Gasteiger partial charge in [0.05, 0.1) is 18.7 Å². The Kier molecular flexibility index (Phi) is 5.27. The van der Waals surface area contributed by atoms with E-state index < -0.39 is 0 Å². The summed E-state index contributed by atoms with van der Waals surface area (Å²) in [4.78, 5) is 39.2. The van der Waals surface area contributed by atoms with Crippen LogP contribution >= 0.6 is 22.9 Å². The minimum absolute atomic E-state index is 0.168. The third-order valence-electron chi connectivity index (χ3n) is 5.16. The van der Waals surface area contributed by atoms with Crippen molar-refractivity contribution < 1.29 is 9.53 Å². The Labute approximate surface area is 186 Å². The summed E-state index contributed by atoms with van der Waals surface area (Å²) in [6.45, 7) is 1.30. The van der Waals surface area contributed by atoms with Crippen molar-refractivity contribution in [1.82, 2.24) is 19.9 Å². The molecule has 1 aliphatic heterocycles. The zero-order valence-electron chi connectivity index (χ0n) is 16.2. The summed E-state index contributed by atoms with van der Waals surface area (Å²) >= 11 is 7.19. The molecule has 0 spiro atoms. The van der Waals surface area contributed by atoms with Gasteiger partial charge in [0, 0.05) is 23.1 Å². The Bertz CT molecular complexity index is 1300. The lowest BCUT2D eigenvalue weighted by Gasteiger charge is -2.33. The number of fused-ring (bicyclic) bond motifs is 1. The first-order chi connectivity index (χ1) is 15.1. The van der Waals surface area contributed by atoms with Crippen LogP contribution in [-0.4, -0.2) is 45.5 Å². The maximum absolute atomic E-state index is 13.4. The molecule has 31 heavy (non-hydrogen) atoms. The minimum Gasteiger partial charge on any atom is -0.370 e. The average molecular weight is 453 g/mol. The lowest BCUT2D eigenvalue weighted by molar-refractivity contribution is -0.0227. The number of hydrogen-bond donors (Lipinski definition) is 1. The summed E-state index contributed by atoms with van der Waals surface area (Å²) in [6.07, 6.45) is 1.39. The molecule has 1 aromatic carbocycles. The molecule has 1 unspecified atom stereocenters. The Morgan fingerprint density at radius 3 is 2.84 bits per heavy atom. The van der Waals surface area contributed by atoms with E-state index >= 15 is 0 Å². The van der Waals surface area contributed by atoms with Crippen molar-refractivity contribution in [3.8, 4) is 11.5 Å². The van der Waals surface area contributed by atoms with Crippen molar-refractivity contribution in [1.29, 1.82) is 0 Å². The number of aromatic amines is 1.